The molecule has 0 atom stereocenters. The van der Waals surface area contributed by atoms with Crippen molar-refractivity contribution in [3.8, 4) is 11.3 Å². The van der Waals surface area contributed by atoms with E-state index in [4.69, 9.17) is 0 Å². The summed E-state index contributed by atoms with van der Waals surface area (Å²) >= 11 is 1.66. The molecular formula is C16H22N2S. The van der Waals surface area contributed by atoms with Crippen LogP contribution >= 0.6 is 11.3 Å². The minimum Gasteiger partial charge on any atom is -0.357 e. The van der Waals surface area contributed by atoms with Gasteiger partial charge in [-0.2, -0.15) is 0 Å². The second-order valence-electron chi connectivity index (χ2n) is 5.86. The predicted molar refractivity (Wildman–Crippen MR) is 84.9 cm³/mol. The molecule has 1 aromatic heterocycles. The van der Waals surface area contributed by atoms with E-state index in [9.17, 15) is 0 Å². The number of aromatic nitrogens is 1. The van der Waals surface area contributed by atoms with Gasteiger partial charge in [0, 0.05) is 16.5 Å². The van der Waals surface area contributed by atoms with Gasteiger partial charge in [0.2, 0.25) is 0 Å². The maximum absolute atomic E-state index is 4.65. The second-order valence-corrected chi connectivity index (χ2v) is 6.72. The average molecular weight is 274 g/mol. The molecule has 0 fully saturated rings. The van der Waals surface area contributed by atoms with Gasteiger partial charge < -0.3 is 5.32 Å². The number of thiazole rings is 1. The highest BCUT2D eigenvalue weighted by molar-refractivity contribution is 7.14. The van der Waals surface area contributed by atoms with Gasteiger partial charge in [0.1, 0.15) is 0 Å². The van der Waals surface area contributed by atoms with E-state index in [0.29, 0.717) is 0 Å². The predicted octanol–water partition coefficient (Wildman–Crippen LogP) is 4.97. The van der Waals surface area contributed by atoms with Gasteiger partial charge in [0.25, 0.3) is 0 Å². The summed E-state index contributed by atoms with van der Waals surface area (Å²) in [7, 11) is 0. The first-order valence-electron chi connectivity index (χ1n) is 6.81. The number of hydrogen-bond donors (Lipinski definition) is 1. The molecule has 0 aliphatic carbocycles. The van der Waals surface area contributed by atoms with Crippen molar-refractivity contribution in [1.29, 1.82) is 0 Å². The van der Waals surface area contributed by atoms with Gasteiger partial charge in [0.05, 0.1) is 5.69 Å². The van der Waals surface area contributed by atoms with Crippen LogP contribution in [-0.4, -0.2) is 10.5 Å². The number of nitrogens with one attached hydrogen (secondary N) is 1. The normalized spacial score (nSPS) is 11.6. The lowest BCUT2D eigenvalue weighted by Crippen LogP contribution is -2.25. The van der Waals surface area contributed by atoms with E-state index in [-0.39, 0.29) is 5.54 Å². The third-order valence-electron chi connectivity index (χ3n) is 2.77. The molecule has 102 valence electrons. The van der Waals surface area contributed by atoms with E-state index >= 15 is 0 Å². The van der Waals surface area contributed by atoms with Crippen molar-refractivity contribution >= 4 is 16.5 Å². The van der Waals surface area contributed by atoms with E-state index in [1.54, 1.807) is 11.3 Å². The zero-order valence-corrected chi connectivity index (χ0v) is 13.0. The molecule has 2 nitrogen and oxygen atoms in total. The fraction of sp³-hybridized carbons (Fsp3) is 0.438. The Balaban J connectivity index is 2.13. The van der Waals surface area contributed by atoms with E-state index in [2.05, 4.69) is 67.6 Å². The molecule has 2 rings (SSSR count). The maximum Gasteiger partial charge on any atom is 0.183 e. The van der Waals surface area contributed by atoms with Crippen molar-refractivity contribution in [2.45, 2.75) is 46.1 Å². The van der Waals surface area contributed by atoms with Crippen LogP contribution in [0.5, 0.6) is 0 Å². The zero-order valence-electron chi connectivity index (χ0n) is 12.2. The van der Waals surface area contributed by atoms with Crippen LogP contribution in [0.4, 0.5) is 5.13 Å². The Hall–Kier alpha value is -1.35. The number of hydrogen-bond acceptors (Lipinski definition) is 3. The zero-order chi connectivity index (χ0) is 13.9. The van der Waals surface area contributed by atoms with Gasteiger partial charge in [-0.1, -0.05) is 37.6 Å². The van der Waals surface area contributed by atoms with Crippen molar-refractivity contribution < 1.29 is 0 Å². The summed E-state index contributed by atoms with van der Waals surface area (Å²) in [6.45, 7) is 8.65. The maximum atomic E-state index is 4.65. The molecule has 2 aromatic rings. The highest BCUT2D eigenvalue weighted by atomic mass is 32.1. The fourth-order valence-corrected chi connectivity index (χ4v) is 2.84. The Morgan fingerprint density at radius 2 is 1.84 bits per heavy atom. The third kappa shape index (κ3) is 4.06. The van der Waals surface area contributed by atoms with E-state index in [1.165, 1.54) is 17.5 Å². The highest BCUT2D eigenvalue weighted by Crippen LogP contribution is 2.27. The minimum atomic E-state index is 0.0557. The van der Waals surface area contributed by atoms with Crippen molar-refractivity contribution in [3.63, 3.8) is 0 Å². The molecule has 0 aliphatic heterocycles. The van der Waals surface area contributed by atoms with E-state index < -0.39 is 0 Å². The Morgan fingerprint density at radius 3 is 2.42 bits per heavy atom. The quantitative estimate of drug-likeness (QED) is 0.851. The molecule has 0 saturated heterocycles. The molecule has 0 spiro atoms. The summed E-state index contributed by atoms with van der Waals surface area (Å²) < 4.78 is 0. The lowest BCUT2D eigenvalue weighted by Gasteiger charge is -2.19. The van der Waals surface area contributed by atoms with Crippen LogP contribution in [0.2, 0.25) is 0 Å². The minimum absolute atomic E-state index is 0.0557. The van der Waals surface area contributed by atoms with E-state index in [1.807, 2.05) is 0 Å². The molecule has 1 aromatic carbocycles. The number of benzene rings is 1. The van der Waals surface area contributed by atoms with Crippen molar-refractivity contribution in [1.82, 2.24) is 4.98 Å². The van der Waals surface area contributed by atoms with Crippen molar-refractivity contribution in [2.75, 3.05) is 5.32 Å². The molecule has 0 amide bonds. The van der Waals surface area contributed by atoms with Gasteiger partial charge in [-0.05, 0) is 32.8 Å². The molecule has 0 bridgehead atoms. The molecule has 1 heterocycles. The summed E-state index contributed by atoms with van der Waals surface area (Å²) in [5.41, 5.74) is 3.70. The van der Waals surface area contributed by atoms with Crippen LogP contribution in [0.3, 0.4) is 0 Å². The topological polar surface area (TPSA) is 24.9 Å². The van der Waals surface area contributed by atoms with E-state index in [0.717, 1.165) is 17.2 Å². The fourth-order valence-electron chi connectivity index (χ4n) is 1.92. The molecule has 0 radical (unpaired) electrons. The van der Waals surface area contributed by atoms with Crippen LogP contribution in [0.1, 0.15) is 39.7 Å². The second kappa shape index (κ2) is 5.74. The number of anilines is 1. The van der Waals surface area contributed by atoms with Crippen molar-refractivity contribution in [2.24, 2.45) is 0 Å². The largest absolute Gasteiger partial charge is 0.357 e. The van der Waals surface area contributed by atoms with Gasteiger partial charge in [0.15, 0.2) is 5.13 Å². The first-order valence-corrected chi connectivity index (χ1v) is 7.69. The smallest absolute Gasteiger partial charge is 0.183 e. The van der Waals surface area contributed by atoms with Gasteiger partial charge in [-0.25, -0.2) is 4.98 Å². The van der Waals surface area contributed by atoms with Crippen molar-refractivity contribution in [3.05, 3.63) is 35.2 Å². The number of aryl methyl sites for hydroxylation is 1. The molecule has 0 saturated carbocycles. The summed E-state index contributed by atoms with van der Waals surface area (Å²) in [4.78, 5) is 4.65. The standard InChI is InChI=1S/C16H22N2S/c1-5-6-12-7-9-13(10-8-12)14-11-19-15(17-14)18-16(2,3)4/h7-11H,5-6H2,1-4H3,(H,17,18). The summed E-state index contributed by atoms with van der Waals surface area (Å²) in [6.07, 6.45) is 2.34. The summed E-state index contributed by atoms with van der Waals surface area (Å²) in [5, 5.41) is 6.51. The summed E-state index contributed by atoms with van der Waals surface area (Å²) in [5.74, 6) is 0. The Morgan fingerprint density at radius 1 is 1.16 bits per heavy atom. The lowest BCUT2D eigenvalue weighted by atomic mass is 10.1. The number of nitrogens with zero attached hydrogens (tertiary/aromatic N) is 1. The monoisotopic (exact) mass is 274 g/mol. The Bertz CT molecular complexity index is 520. The van der Waals surface area contributed by atoms with Gasteiger partial charge in [-0.3, -0.25) is 0 Å². The van der Waals surface area contributed by atoms with Crippen LogP contribution in [0, 0.1) is 0 Å². The van der Waals surface area contributed by atoms with Crippen LogP contribution < -0.4 is 5.32 Å². The van der Waals surface area contributed by atoms with Gasteiger partial charge in [-0.15, -0.1) is 11.3 Å². The SMILES string of the molecule is CCCc1ccc(-c2csc(NC(C)(C)C)n2)cc1. The third-order valence-corrected chi connectivity index (χ3v) is 3.53. The molecule has 1 N–H and O–H groups in total. The average Bonchev–Trinajstić information content (AvgIpc) is 2.76. The molecular weight excluding hydrogens is 252 g/mol. The molecule has 0 unspecified atom stereocenters. The van der Waals surface area contributed by atoms with Crippen LogP contribution in [-0.2, 0) is 6.42 Å². The summed E-state index contributed by atoms with van der Waals surface area (Å²) in [6, 6.07) is 8.74. The highest BCUT2D eigenvalue weighted by Gasteiger charge is 2.12. The lowest BCUT2D eigenvalue weighted by molar-refractivity contribution is 0.633. The van der Waals surface area contributed by atoms with Crippen LogP contribution in [0.25, 0.3) is 11.3 Å². The Kier molecular flexibility index (Phi) is 4.25. The number of rotatable bonds is 4. The molecule has 19 heavy (non-hydrogen) atoms. The molecule has 3 heteroatoms. The molecule has 0 aliphatic rings. The van der Waals surface area contributed by atoms with Gasteiger partial charge >= 0.3 is 0 Å². The first kappa shape index (κ1) is 14.1. The Labute approximate surface area is 119 Å². The first-order chi connectivity index (χ1) is 8.98. The van der Waals surface area contributed by atoms with Crippen LogP contribution in [0.15, 0.2) is 29.6 Å².